The molecule has 2 rings (SSSR count). The Morgan fingerprint density at radius 1 is 1.40 bits per heavy atom. The van der Waals surface area contributed by atoms with Crippen molar-refractivity contribution in [3.8, 4) is 0 Å². The van der Waals surface area contributed by atoms with Crippen LogP contribution < -0.4 is 5.14 Å². The molecule has 0 bridgehead atoms. The minimum Gasteiger partial charge on any atom is -0.333 e. The minimum atomic E-state index is -3.79. The summed E-state index contributed by atoms with van der Waals surface area (Å²) in [6.07, 6.45) is 2.89. The van der Waals surface area contributed by atoms with E-state index in [9.17, 15) is 13.2 Å². The van der Waals surface area contributed by atoms with Gasteiger partial charge < -0.3 is 4.90 Å². The van der Waals surface area contributed by atoms with Crippen LogP contribution in [0.15, 0.2) is 29.2 Å². The van der Waals surface area contributed by atoms with E-state index in [1.807, 2.05) is 11.8 Å². The molecule has 1 amide bonds. The molecule has 2 unspecified atom stereocenters. The molecule has 5 nitrogen and oxygen atoms in total. The van der Waals surface area contributed by atoms with E-state index in [2.05, 4.69) is 6.92 Å². The highest BCUT2D eigenvalue weighted by atomic mass is 32.2. The second kappa shape index (κ2) is 5.54. The summed E-state index contributed by atoms with van der Waals surface area (Å²) < 4.78 is 22.7. The molecule has 2 N–H and O–H groups in total. The molecule has 0 aromatic heterocycles. The Kier molecular flexibility index (Phi) is 4.15. The van der Waals surface area contributed by atoms with Gasteiger partial charge in [0.2, 0.25) is 10.0 Å². The fraction of sp³-hybridized carbons (Fsp3) is 0.500. The minimum absolute atomic E-state index is 0.0248. The van der Waals surface area contributed by atoms with Gasteiger partial charge in [0.05, 0.1) is 4.90 Å². The van der Waals surface area contributed by atoms with Gasteiger partial charge in [0.25, 0.3) is 5.91 Å². The second-order valence-corrected chi connectivity index (χ2v) is 6.84. The Morgan fingerprint density at radius 3 is 2.70 bits per heavy atom. The molecule has 2 atom stereocenters. The number of benzene rings is 1. The summed E-state index contributed by atoms with van der Waals surface area (Å²) in [6, 6.07) is 6.36. The summed E-state index contributed by atoms with van der Waals surface area (Å²) in [4.78, 5) is 14.4. The van der Waals surface area contributed by atoms with Gasteiger partial charge in [0.15, 0.2) is 0 Å². The maximum atomic E-state index is 12.6. The number of sulfonamides is 1. The van der Waals surface area contributed by atoms with Gasteiger partial charge in [-0.1, -0.05) is 13.0 Å². The number of carbonyl (C=O) groups is 1. The first kappa shape index (κ1) is 15.0. The van der Waals surface area contributed by atoms with Crippen LogP contribution in [-0.4, -0.2) is 31.3 Å². The highest BCUT2D eigenvalue weighted by Gasteiger charge is 2.33. The lowest BCUT2D eigenvalue weighted by Gasteiger charge is -2.28. The van der Waals surface area contributed by atoms with Crippen LogP contribution in [0.2, 0.25) is 0 Å². The molecule has 0 radical (unpaired) electrons. The number of hydrogen-bond donors (Lipinski definition) is 1. The number of primary sulfonamides is 1. The molecule has 1 aromatic carbocycles. The highest BCUT2D eigenvalue weighted by Crippen LogP contribution is 2.28. The van der Waals surface area contributed by atoms with Crippen molar-refractivity contribution in [1.82, 2.24) is 4.90 Å². The van der Waals surface area contributed by atoms with Gasteiger partial charge in [-0.3, -0.25) is 4.79 Å². The lowest BCUT2D eigenvalue weighted by atomic mass is 10.1. The van der Waals surface area contributed by atoms with Crippen LogP contribution >= 0.6 is 0 Å². The van der Waals surface area contributed by atoms with Crippen molar-refractivity contribution >= 4 is 15.9 Å². The van der Waals surface area contributed by atoms with Crippen molar-refractivity contribution in [2.45, 2.75) is 50.1 Å². The molecule has 20 heavy (non-hydrogen) atoms. The van der Waals surface area contributed by atoms with E-state index < -0.39 is 10.0 Å². The molecule has 6 heteroatoms. The number of amides is 1. The van der Waals surface area contributed by atoms with Crippen molar-refractivity contribution in [2.75, 3.05) is 0 Å². The van der Waals surface area contributed by atoms with E-state index in [4.69, 9.17) is 5.14 Å². The van der Waals surface area contributed by atoms with Gasteiger partial charge in [0.1, 0.15) is 0 Å². The van der Waals surface area contributed by atoms with Crippen molar-refractivity contribution in [1.29, 1.82) is 0 Å². The van der Waals surface area contributed by atoms with Gasteiger partial charge in [-0.15, -0.1) is 0 Å². The molecule has 1 aliphatic rings. The average Bonchev–Trinajstić information content (AvgIpc) is 2.78. The molecule has 1 heterocycles. The summed E-state index contributed by atoms with van der Waals surface area (Å²) in [7, 11) is -3.79. The normalized spacial score (nSPS) is 23.1. The smallest absolute Gasteiger partial charge is 0.254 e. The van der Waals surface area contributed by atoms with Crippen molar-refractivity contribution in [3.05, 3.63) is 29.8 Å². The second-order valence-electron chi connectivity index (χ2n) is 5.27. The number of hydrogen-bond acceptors (Lipinski definition) is 3. The standard InChI is InChI=1S/C14H20N2O3S/c1-3-12-8-7-10(2)16(12)14(17)11-5-4-6-13(9-11)20(15,18)19/h4-6,9-10,12H,3,7-8H2,1-2H3,(H2,15,18,19). The summed E-state index contributed by atoms with van der Waals surface area (Å²) in [5, 5.41) is 5.11. The molecular weight excluding hydrogens is 276 g/mol. The van der Waals surface area contributed by atoms with Crippen LogP contribution in [0.5, 0.6) is 0 Å². The van der Waals surface area contributed by atoms with Crippen molar-refractivity contribution < 1.29 is 13.2 Å². The highest BCUT2D eigenvalue weighted by molar-refractivity contribution is 7.89. The van der Waals surface area contributed by atoms with Crippen molar-refractivity contribution in [3.63, 3.8) is 0 Å². The third-order valence-corrected chi connectivity index (χ3v) is 4.81. The molecule has 0 spiro atoms. The molecule has 1 aliphatic heterocycles. The van der Waals surface area contributed by atoms with E-state index in [1.54, 1.807) is 12.1 Å². The van der Waals surface area contributed by atoms with Gasteiger partial charge >= 0.3 is 0 Å². The summed E-state index contributed by atoms with van der Waals surface area (Å²) in [6.45, 7) is 4.08. The average molecular weight is 296 g/mol. The third kappa shape index (κ3) is 2.86. The number of nitrogens with zero attached hydrogens (tertiary/aromatic N) is 1. The Labute approximate surface area is 119 Å². The summed E-state index contributed by atoms with van der Waals surface area (Å²) in [5.74, 6) is -0.118. The molecule has 0 saturated carbocycles. The number of carbonyl (C=O) groups excluding carboxylic acids is 1. The van der Waals surface area contributed by atoms with E-state index in [0.717, 1.165) is 19.3 Å². The largest absolute Gasteiger partial charge is 0.333 e. The zero-order valence-corrected chi connectivity index (χ0v) is 12.6. The van der Waals surface area contributed by atoms with Crippen LogP contribution in [0.3, 0.4) is 0 Å². The quantitative estimate of drug-likeness (QED) is 0.922. The van der Waals surface area contributed by atoms with E-state index in [0.29, 0.717) is 5.56 Å². The van der Waals surface area contributed by atoms with Crippen molar-refractivity contribution in [2.24, 2.45) is 5.14 Å². The number of nitrogens with two attached hydrogens (primary N) is 1. The molecule has 1 fully saturated rings. The first-order valence-electron chi connectivity index (χ1n) is 6.80. The van der Waals surface area contributed by atoms with Crippen LogP contribution in [0.4, 0.5) is 0 Å². The first-order chi connectivity index (χ1) is 9.34. The van der Waals surface area contributed by atoms with E-state index in [1.165, 1.54) is 12.1 Å². The molecule has 110 valence electrons. The van der Waals surface area contributed by atoms with Crippen LogP contribution in [-0.2, 0) is 10.0 Å². The lowest BCUT2D eigenvalue weighted by molar-refractivity contribution is 0.0676. The number of rotatable bonds is 3. The van der Waals surface area contributed by atoms with Crippen LogP contribution in [0, 0.1) is 0 Å². The fourth-order valence-electron chi connectivity index (χ4n) is 2.79. The van der Waals surface area contributed by atoms with Gasteiger partial charge in [-0.2, -0.15) is 0 Å². The first-order valence-corrected chi connectivity index (χ1v) is 8.34. The van der Waals surface area contributed by atoms with Gasteiger partial charge in [0, 0.05) is 17.6 Å². The summed E-state index contributed by atoms with van der Waals surface area (Å²) in [5.41, 5.74) is 0.378. The molecule has 1 saturated heterocycles. The summed E-state index contributed by atoms with van der Waals surface area (Å²) >= 11 is 0. The van der Waals surface area contributed by atoms with Crippen LogP contribution in [0.1, 0.15) is 43.5 Å². The Morgan fingerprint density at radius 2 is 2.10 bits per heavy atom. The maximum absolute atomic E-state index is 12.6. The van der Waals surface area contributed by atoms with Gasteiger partial charge in [-0.25, -0.2) is 13.6 Å². The maximum Gasteiger partial charge on any atom is 0.254 e. The van der Waals surface area contributed by atoms with Crippen LogP contribution in [0.25, 0.3) is 0 Å². The molecule has 1 aromatic rings. The Bertz CT molecular complexity index is 613. The Hall–Kier alpha value is -1.40. The van der Waals surface area contributed by atoms with E-state index in [-0.39, 0.29) is 22.9 Å². The third-order valence-electron chi connectivity index (χ3n) is 3.90. The topological polar surface area (TPSA) is 80.5 Å². The lowest BCUT2D eigenvalue weighted by Crippen LogP contribution is -2.39. The monoisotopic (exact) mass is 296 g/mol. The van der Waals surface area contributed by atoms with Gasteiger partial charge in [-0.05, 0) is 44.4 Å². The molecular formula is C14H20N2O3S. The number of likely N-dealkylation sites (tertiary alicyclic amines) is 1. The zero-order valence-electron chi connectivity index (χ0n) is 11.7. The fourth-order valence-corrected chi connectivity index (χ4v) is 3.35. The van der Waals surface area contributed by atoms with E-state index >= 15 is 0 Å². The molecule has 0 aliphatic carbocycles. The zero-order chi connectivity index (χ0) is 14.9. The SMILES string of the molecule is CCC1CCC(C)N1C(=O)c1cccc(S(N)(=O)=O)c1. The Balaban J connectivity index is 2.34. The predicted octanol–water partition coefficient (Wildman–Crippen LogP) is 1.74. The predicted molar refractivity (Wildman–Crippen MR) is 76.8 cm³/mol.